The van der Waals surface area contributed by atoms with Crippen molar-refractivity contribution in [2.24, 2.45) is 0 Å². The van der Waals surface area contributed by atoms with Crippen molar-refractivity contribution in [3.05, 3.63) is 40.7 Å². The van der Waals surface area contributed by atoms with E-state index < -0.39 is 5.97 Å². The maximum atomic E-state index is 10.8. The molecule has 0 aliphatic heterocycles. The first-order chi connectivity index (χ1) is 8.88. The number of carboxylic acid groups (broad SMARTS) is 1. The van der Waals surface area contributed by atoms with Crippen molar-refractivity contribution in [1.29, 1.82) is 0 Å². The Hall–Kier alpha value is -2.10. The summed E-state index contributed by atoms with van der Waals surface area (Å²) in [5.74, 6) is -0.877. The lowest BCUT2D eigenvalue weighted by Crippen LogP contribution is -2.11. The van der Waals surface area contributed by atoms with Crippen LogP contribution in [0.2, 0.25) is 0 Å². The molecule has 4 heteroatoms. The van der Waals surface area contributed by atoms with Gasteiger partial charge in [0.15, 0.2) is 0 Å². The molecule has 0 unspecified atom stereocenters. The molecule has 100 valence electrons. The van der Waals surface area contributed by atoms with E-state index >= 15 is 0 Å². The van der Waals surface area contributed by atoms with Gasteiger partial charge in [0.2, 0.25) is 0 Å². The van der Waals surface area contributed by atoms with Crippen LogP contribution in [0.1, 0.15) is 22.5 Å². The van der Waals surface area contributed by atoms with Crippen molar-refractivity contribution < 1.29 is 9.90 Å². The largest absolute Gasteiger partial charge is 0.480 e. The summed E-state index contributed by atoms with van der Waals surface area (Å²) >= 11 is 0. The Labute approximate surface area is 112 Å². The van der Waals surface area contributed by atoms with E-state index in [2.05, 4.69) is 37.1 Å². The molecule has 1 aromatic carbocycles. The molecule has 0 aliphatic rings. The molecule has 0 fully saturated rings. The van der Waals surface area contributed by atoms with Gasteiger partial charge in [-0.1, -0.05) is 29.3 Å². The van der Waals surface area contributed by atoms with Crippen molar-refractivity contribution in [3.63, 3.8) is 0 Å². The van der Waals surface area contributed by atoms with Crippen molar-refractivity contribution in [2.75, 3.05) is 0 Å². The smallest absolute Gasteiger partial charge is 0.325 e. The number of aromatic nitrogens is 2. The summed E-state index contributed by atoms with van der Waals surface area (Å²) in [5, 5.41) is 13.2. The molecule has 2 rings (SSSR count). The Morgan fingerprint density at radius 2 is 1.74 bits per heavy atom. The van der Waals surface area contributed by atoms with Crippen LogP contribution in [0.15, 0.2) is 18.2 Å². The number of benzene rings is 1. The van der Waals surface area contributed by atoms with Crippen molar-refractivity contribution >= 4 is 5.97 Å². The number of aryl methyl sites for hydroxylation is 3. The highest BCUT2D eigenvalue weighted by molar-refractivity contribution is 5.71. The molecule has 1 aromatic heterocycles. The molecule has 0 saturated heterocycles. The zero-order chi connectivity index (χ0) is 14.2. The highest BCUT2D eigenvalue weighted by atomic mass is 16.4. The third-order valence-corrected chi connectivity index (χ3v) is 3.18. The van der Waals surface area contributed by atoms with E-state index in [0.29, 0.717) is 0 Å². The normalized spacial score (nSPS) is 10.7. The quantitative estimate of drug-likeness (QED) is 0.921. The second-order valence-corrected chi connectivity index (χ2v) is 4.97. The molecule has 1 heterocycles. The van der Waals surface area contributed by atoms with Crippen LogP contribution in [0.3, 0.4) is 0 Å². The van der Waals surface area contributed by atoms with Gasteiger partial charge in [-0.15, -0.1) is 0 Å². The zero-order valence-corrected chi connectivity index (χ0v) is 11.7. The highest BCUT2D eigenvalue weighted by Gasteiger charge is 2.15. The Balaban J connectivity index is 2.56. The number of rotatable bonds is 3. The SMILES string of the molecule is Cc1cc(C)cc(-c2c(C)nn(CC(=O)O)c2C)c1. The lowest BCUT2D eigenvalue weighted by atomic mass is 9.99. The summed E-state index contributed by atoms with van der Waals surface area (Å²) in [6, 6.07) is 6.33. The van der Waals surface area contributed by atoms with Gasteiger partial charge in [0, 0.05) is 11.3 Å². The number of carbonyl (C=O) groups is 1. The van der Waals surface area contributed by atoms with Crippen LogP contribution in [0, 0.1) is 27.7 Å². The fraction of sp³-hybridized carbons (Fsp3) is 0.333. The van der Waals surface area contributed by atoms with Crippen molar-refractivity contribution in [1.82, 2.24) is 9.78 Å². The van der Waals surface area contributed by atoms with Gasteiger partial charge >= 0.3 is 5.97 Å². The summed E-state index contributed by atoms with van der Waals surface area (Å²) in [4.78, 5) is 10.8. The molecule has 2 aromatic rings. The number of hydrogen-bond donors (Lipinski definition) is 1. The van der Waals surface area contributed by atoms with E-state index in [1.54, 1.807) is 4.68 Å². The fourth-order valence-electron chi connectivity index (χ4n) is 2.52. The standard InChI is InChI=1S/C15H18N2O2/c1-9-5-10(2)7-13(6-9)15-11(3)16-17(12(15)4)8-14(18)19/h5-7H,8H2,1-4H3,(H,18,19). The Kier molecular flexibility index (Phi) is 3.42. The topological polar surface area (TPSA) is 55.1 Å². The summed E-state index contributed by atoms with van der Waals surface area (Å²) in [5.41, 5.74) is 6.28. The van der Waals surface area contributed by atoms with E-state index in [4.69, 9.17) is 5.11 Å². The zero-order valence-electron chi connectivity index (χ0n) is 11.7. The number of nitrogens with zero attached hydrogens (tertiary/aromatic N) is 2. The molecule has 0 spiro atoms. The molecule has 19 heavy (non-hydrogen) atoms. The maximum Gasteiger partial charge on any atom is 0.325 e. The molecular weight excluding hydrogens is 240 g/mol. The first kappa shape index (κ1) is 13.3. The molecule has 4 nitrogen and oxygen atoms in total. The number of aliphatic carboxylic acids is 1. The minimum absolute atomic E-state index is 0.0997. The van der Waals surface area contributed by atoms with Gasteiger partial charge in [-0.3, -0.25) is 9.48 Å². The number of hydrogen-bond acceptors (Lipinski definition) is 2. The molecule has 0 radical (unpaired) electrons. The van der Waals surface area contributed by atoms with Gasteiger partial charge in [0.05, 0.1) is 5.69 Å². The van der Waals surface area contributed by atoms with Crippen LogP contribution in [-0.2, 0) is 11.3 Å². The second kappa shape index (κ2) is 4.88. The van der Waals surface area contributed by atoms with E-state index in [1.807, 2.05) is 13.8 Å². The fourth-order valence-corrected chi connectivity index (χ4v) is 2.52. The average molecular weight is 258 g/mol. The van der Waals surface area contributed by atoms with Crippen molar-refractivity contribution in [2.45, 2.75) is 34.2 Å². The highest BCUT2D eigenvalue weighted by Crippen LogP contribution is 2.28. The van der Waals surface area contributed by atoms with Gasteiger partial charge in [-0.25, -0.2) is 0 Å². The van der Waals surface area contributed by atoms with Crippen molar-refractivity contribution in [3.8, 4) is 11.1 Å². The van der Waals surface area contributed by atoms with Crippen LogP contribution in [0.5, 0.6) is 0 Å². The summed E-state index contributed by atoms with van der Waals surface area (Å²) < 4.78 is 1.55. The van der Waals surface area contributed by atoms with E-state index in [9.17, 15) is 4.79 Å². The second-order valence-electron chi connectivity index (χ2n) is 4.97. The summed E-state index contributed by atoms with van der Waals surface area (Å²) in [7, 11) is 0. The Morgan fingerprint density at radius 1 is 1.16 bits per heavy atom. The average Bonchev–Trinajstić information content (AvgIpc) is 2.51. The van der Waals surface area contributed by atoms with Gasteiger partial charge < -0.3 is 5.11 Å². The monoisotopic (exact) mass is 258 g/mol. The predicted octanol–water partition coefficient (Wildman–Crippen LogP) is 2.87. The van der Waals surface area contributed by atoms with Crippen LogP contribution in [0.4, 0.5) is 0 Å². The van der Waals surface area contributed by atoms with E-state index in [1.165, 1.54) is 11.1 Å². The molecular formula is C15H18N2O2. The Bertz CT molecular complexity index is 622. The lowest BCUT2D eigenvalue weighted by molar-refractivity contribution is -0.137. The molecule has 0 amide bonds. The molecule has 0 atom stereocenters. The van der Waals surface area contributed by atoms with Crippen LogP contribution in [-0.4, -0.2) is 20.9 Å². The van der Waals surface area contributed by atoms with Gasteiger partial charge in [-0.05, 0) is 33.3 Å². The Morgan fingerprint density at radius 3 is 2.26 bits per heavy atom. The first-order valence-corrected chi connectivity index (χ1v) is 6.23. The molecule has 1 N–H and O–H groups in total. The van der Waals surface area contributed by atoms with Gasteiger partial charge in [-0.2, -0.15) is 5.10 Å². The van der Waals surface area contributed by atoms with Crippen LogP contribution >= 0.6 is 0 Å². The molecule has 0 saturated carbocycles. The first-order valence-electron chi connectivity index (χ1n) is 6.23. The lowest BCUT2D eigenvalue weighted by Gasteiger charge is -2.06. The maximum absolute atomic E-state index is 10.8. The predicted molar refractivity (Wildman–Crippen MR) is 74.2 cm³/mol. The van der Waals surface area contributed by atoms with E-state index in [0.717, 1.165) is 22.5 Å². The van der Waals surface area contributed by atoms with Crippen LogP contribution in [0.25, 0.3) is 11.1 Å². The van der Waals surface area contributed by atoms with Gasteiger partial charge in [0.1, 0.15) is 6.54 Å². The third kappa shape index (κ3) is 2.67. The summed E-state index contributed by atoms with van der Waals surface area (Å²) in [6.45, 7) is 7.84. The minimum Gasteiger partial charge on any atom is -0.480 e. The third-order valence-electron chi connectivity index (χ3n) is 3.18. The van der Waals surface area contributed by atoms with E-state index in [-0.39, 0.29) is 6.54 Å². The minimum atomic E-state index is -0.877. The summed E-state index contributed by atoms with van der Waals surface area (Å²) in [6.07, 6.45) is 0. The van der Waals surface area contributed by atoms with Crippen LogP contribution < -0.4 is 0 Å². The molecule has 0 bridgehead atoms. The van der Waals surface area contributed by atoms with Gasteiger partial charge in [0.25, 0.3) is 0 Å². The number of carboxylic acids is 1. The molecule has 0 aliphatic carbocycles.